The molecule has 1 saturated carbocycles. The van der Waals surface area contributed by atoms with E-state index in [0.29, 0.717) is 6.04 Å². The van der Waals surface area contributed by atoms with Gasteiger partial charge in [-0.1, -0.05) is 31.9 Å². The zero-order valence-corrected chi connectivity index (χ0v) is 12.1. The molecule has 1 aromatic carbocycles. The third-order valence-electron chi connectivity index (χ3n) is 4.08. The fourth-order valence-corrected chi connectivity index (χ4v) is 3.67. The second-order valence-electron chi connectivity index (χ2n) is 5.27. The summed E-state index contributed by atoms with van der Waals surface area (Å²) in [5, 5.41) is 6.85. The van der Waals surface area contributed by atoms with Crippen LogP contribution in [0.1, 0.15) is 32.6 Å². The first kappa shape index (κ1) is 12.7. The number of aromatic nitrogens is 1. The van der Waals surface area contributed by atoms with Crippen LogP contribution in [0.25, 0.3) is 10.6 Å². The summed E-state index contributed by atoms with van der Waals surface area (Å²) in [5.41, 5.74) is 2.45. The molecule has 1 aliphatic rings. The van der Waals surface area contributed by atoms with Gasteiger partial charge < -0.3 is 5.32 Å². The molecule has 0 saturated heterocycles. The van der Waals surface area contributed by atoms with Gasteiger partial charge in [-0.25, -0.2) is 4.98 Å². The minimum Gasteiger partial charge on any atom is -0.382 e. The van der Waals surface area contributed by atoms with Crippen molar-refractivity contribution >= 4 is 17.0 Å². The number of nitrogens with one attached hydrogen (secondary N) is 1. The molecule has 3 rings (SSSR count). The molecule has 0 aliphatic heterocycles. The molecule has 1 aromatic heterocycles. The number of benzene rings is 1. The predicted molar refractivity (Wildman–Crippen MR) is 82.6 cm³/mol. The van der Waals surface area contributed by atoms with E-state index in [2.05, 4.69) is 41.5 Å². The summed E-state index contributed by atoms with van der Waals surface area (Å²) in [7, 11) is 0. The number of nitrogens with zero attached hydrogens (tertiary/aromatic N) is 1. The van der Waals surface area contributed by atoms with E-state index in [-0.39, 0.29) is 0 Å². The van der Waals surface area contributed by atoms with Crippen molar-refractivity contribution in [2.75, 3.05) is 5.32 Å². The first-order valence-corrected chi connectivity index (χ1v) is 8.01. The molecule has 0 bridgehead atoms. The maximum absolute atomic E-state index is 4.38. The fourth-order valence-electron chi connectivity index (χ4n) is 3.04. The Morgan fingerprint density at radius 3 is 3.11 bits per heavy atom. The van der Waals surface area contributed by atoms with Gasteiger partial charge in [0, 0.05) is 28.9 Å². The Bertz CT molecular complexity index is 521. The van der Waals surface area contributed by atoms with Gasteiger partial charge >= 0.3 is 0 Å². The number of thiazole rings is 1. The summed E-state index contributed by atoms with van der Waals surface area (Å²) in [4.78, 5) is 4.38. The van der Waals surface area contributed by atoms with Crippen LogP contribution in [0.4, 0.5) is 5.69 Å². The first-order chi connectivity index (χ1) is 9.36. The van der Waals surface area contributed by atoms with E-state index in [1.807, 2.05) is 11.6 Å². The van der Waals surface area contributed by atoms with Crippen molar-refractivity contribution in [3.63, 3.8) is 0 Å². The normalized spacial score (nSPS) is 22.6. The summed E-state index contributed by atoms with van der Waals surface area (Å²) in [6, 6.07) is 9.30. The van der Waals surface area contributed by atoms with Gasteiger partial charge in [0.2, 0.25) is 0 Å². The Morgan fingerprint density at radius 2 is 2.32 bits per heavy atom. The highest BCUT2D eigenvalue weighted by Crippen LogP contribution is 2.32. The molecule has 2 aromatic rings. The SMILES string of the molecule is CCC1CCCC1Nc1cccc(-c2nccs2)c1. The van der Waals surface area contributed by atoms with E-state index in [9.17, 15) is 0 Å². The minimum absolute atomic E-state index is 0.650. The average Bonchev–Trinajstić information content (AvgIpc) is 3.10. The molecule has 0 radical (unpaired) electrons. The van der Waals surface area contributed by atoms with Gasteiger partial charge in [0.15, 0.2) is 0 Å². The van der Waals surface area contributed by atoms with Gasteiger partial charge in [-0.2, -0.15) is 0 Å². The van der Waals surface area contributed by atoms with Crippen LogP contribution in [0, 0.1) is 5.92 Å². The Labute approximate surface area is 118 Å². The largest absolute Gasteiger partial charge is 0.382 e. The van der Waals surface area contributed by atoms with Gasteiger partial charge in [-0.3, -0.25) is 0 Å². The molecule has 19 heavy (non-hydrogen) atoms. The van der Waals surface area contributed by atoms with E-state index < -0.39 is 0 Å². The Hall–Kier alpha value is -1.35. The molecule has 1 fully saturated rings. The smallest absolute Gasteiger partial charge is 0.123 e. The molecule has 2 unspecified atom stereocenters. The van der Waals surface area contributed by atoms with Crippen molar-refractivity contribution in [2.45, 2.75) is 38.6 Å². The summed E-state index contributed by atoms with van der Waals surface area (Å²) in [6.45, 7) is 2.30. The third kappa shape index (κ3) is 2.81. The highest BCUT2D eigenvalue weighted by molar-refractivity contribution is 7.13. The maximum Gasteiger partial charge on any atom is 0.123 e. The van der Waals surface area contributed by atoms with Crippen LogP contribution in [0.5, 0.6) is 0 Å². The van der Waals surface area contributed by atoms with E-state index in [1.54, 1.807) is 11.3 Å². The van der Waals surface area contributed by atoms with Gasteiger partial charge in [0.05, 0.1) is 0 Å². The lowest BCUT2D eigenvalue weighted by atomic mass is 10.0. The van der Waals surface area contributed by atoms with Gasteiger partial charge in [-0.15, -0.1) is 11.3 Å². The van der Waals surface area contributed by atoms with E-state index in [0.717, 1.165) is 10.9 Å². The number of anilines is 1. The van der Waals surface area contributed by atoms with Crippen LogP contribution in [0.15, 0.2) is 35.8 Å². The summed E-state index contributed by atoms with van der Waals surface area (Å²) >= 11 is 1.69. The van der Waals surface area contributed by atoms with Crippen LogP contribution in [0.2, 0.25) is 0 Å². The highest BCUT2D eigenvalue weighted by Gasteiger charge is 2.25. The quantitative estimate of drug-likeness (QED) is 0.864. The lowest BCUT2D eigenvalue weighted by Crippen LogP contribution is -2.23. The Morgan fingerprint density at radius 1 is 1.37 bits per heavy atom. The van der Waals surface area contributed by atoms with Gasteiger partial charge in [0.25, 0.3) is 0 Å². The highest BCUT2D eigenvalue weighted by atomic mass is 32.1. The lowest BCUT2D eigenvalue weighted by molar-refractivity contribution is 0.489. The van der Waals surface area contributed by atoms with E-state index in [1.165, 1.54) is 36.9 Å². The fraction of sp³-hybridized carbons (Fsp3) is 0.438. The molecule has 1 heterocycles. The molecule has 0 amide bonds. The lowest BCUT2D eigenvalue weighted by Gasteiger charge is -2.21. The predicted octanol–water partition coefficient (Wildman–Crippen LogP) is 4.80. The topological polar surface area (TPSA) is 24.9 Å². The molecule has 1 aliphatic carbocycles. The van der Waals surface area contributed by atoms with Gasteiger partial charge in [-0.05, 0) is 30.9 Å². The molecular formula is C16H20N2S. The van der Waals surface area contributed by atoms with Crippen molar-refractivity contribution in [3.8, 4) is 10.6 Å². The molecule has 100 valence electrons. The Balaban J connectivity index is 1.76. The molecule has 2 nitrogen and oxygen atoms in total. The molecular weight excluding hydrogens is 252 g/mol. The van der Waals surface area contributed by atoms with Crippen molar-refractivity contribution in [1.29, 1.82) is 0 Å². The summed E-state index contributed by atoms with van der Waals surface area (Å²) in [6.07, 6.45) is 7.19. The van der Waals surface area contributed by atoms with Crippen LogP contribution >= 0.6 is 11.3 Å². The zero-order valence-electron chi connectivity index (χ0n) is 11.3. The van der Waals surface area contributed by atoms with Crippen LogP contribution in [0.3, 0.4) is 0 Å². The standard InChI is InChI=1S/C16H20N2S/c1-2-12-5-4-8-15(12)18-14-7-3-6-13(11-14)16-17-9-10-19-16/h3,6-7,9-12,15,18H,2,4-5,8H2,1H3. The first-order valence-electron chi connectivity index (χ1n) is 7.13. The van der Waals surface area contributed by atoms with E-state index in [4.69, 9.17) is 0 Å². The van der Waals surface area contributed by atoms with Crippen molar-refractivity contribution in [2.24, 2.45) is 5.92 Å². The molecule has 2 atom stereocenters. The van der Waals surface area contributed by atoms with Gasteiger partial charge in [0.1, 0.15) is 5.01 Å². The van der Waals surface area contributed by atoms with Crippen molar-refractivity contribution in [1.82, 2.24) is 4.98 Å². The second kappa shape index (κ2) is 5.74. The van der Waals surface area contributed by atoms with Crippen LogP contribution < -0.4 is 5.32 Å². The monoisotopic (exact) mass is 272 g/mol. The molecule has 3 heteroatoms. The number of hydrogen-bond donors (Lipinski definition) is 1. The third-order valence-corrected chi connectivity index (χ3v) is 4.90. The summed E-state index contributed by atoms with van der Waals surface area (Å²) < 4.78 is 0. The molecule has 1 N–H and O–H groups in total. The van der Waals surface area contributed by atoms with Crippen LogP contribution in [-0.2, 0) is 0 Å². The summed E-state index contributed by atoms with van der Waals surface area (Å²) in [5.74, 6) is 0.837. The number of rotatable bonds is 4. The second-order valence-corrected chi connectivity index (χ2v) is 6.16. The molecule has 0 spiro atoms. The van der Waals surface area contributed by atoms with Crippen molar-refractivity contribution < 1.29 is 0 Å². The average molecular weight is 272 g/mol. The minimum atomic E-state index is 0.650. The van der Waals surface area contributed by atoms with Crippen LogP contribution in [-0.4, -0.2) is 11.0 Å². The van der Waals surface area contributed by atoms with Crippen molar-refractivity contribution in [3.05, 3.63) is 35.8 Å². The van der Waals surface area contributed by atoms with E-state index >= 15 is 0 Å². The Kier molecular flexibility index (Phi) is 3.83. The number of hydrogen-bond acceptors (Lipinski definition) is 3. The maximum atomic E-state index is 4.38. The zero-order chi connectivity index (χ0) is 13.1.